The highest BCUT2D eigenvalue weighted by Gasteiger charge is 2.39. The summed E-state index contributed by atoms with van der Waals surface area (Å²) in [6.45, 7) is 11.0. The smallest absolute Gasteiger partial charge is 0.407 e. The molecule has 2 atom stereocenters. The number of amides is 1. The molecule has 1 aromatic heterocycles. The van der Waals surface area contributed by atoms with Crippen LogP contribution in [0.2, 0.25) is 5.02 Å². The molecule has 1 amide bonds. The quantitative estimate of drug-likeness (QED) is 0.182. The summed E-state index contributed by atoms with van der Waals surface area (Å²) < 4.78 is 13.1. The lowest BCUT2D eigenvalue weighted by molar-refractivity contribution is 0.0526. The molecule has 8 heteroatoms. The topological polar surface area (TPSA) is 59.0 Å². The van der Waals surface area contributed by atoms with Gasteiger partial charge in [-0.25, -0.2) is 4.79 Å². The number of rotatable bonds is 10. The lowest BCUT2D eigenvalue weighted by atomic mass is 10.0. The molecule has 2 aliphatic heterocycles. The molecule has 2 fully saturated rings. The van der Waals surface area contributed by atoms with Gasteiger partial charge in [0.15, 0.2) is 0 Å². The van der Waals surface area contributed by atoms with Crippen LogP contribution in [0.4, 0.5) is 4.79 Å². The summed E-state index contributed by atoms with van der Waals surface area (Å²) in [5.41, 5.74) is 5.63. The van der Waals surface area contributed by atoms with Gasteiger partial charge in [0, 0.05) is 79.0 Å². The van der Waals surface area contributed by atoms with Crippen molar-refractivity contribution in [2.24, 2.45) is 0 Å². The lowest BCUT2D eigenvalue weighted by Crippen LogP contribution is -2.52. The summed E-state index contributed by atoms with van der Waals surface area (Å²) >= 11 is 6.52. The van der Waals surface area contributed by atoms with Crippen molar-refractivity contribution >= 4 is 28.6 Å². The molecule has 3 aromatic carbocycles. The highest BCUT2D eigenvalue weighted by Crippen LogP contribution is 2.35. The molecule has 4 aromatic rings. The zero-order valence-electron chi connectivity index (χ0n) is 26.9. The van der Waals surface area contributed by atoms with Gasteiger partial charge in [-0.15, -0.1) is 0 Å². The third-order valence-electron chi connectivity index (χ3n) is 9.02. The number of aromatic nitrogens is 1. The second-order valence-electron chi connectivity index (χ2n) is 13.4. The number of halogens is 1. The van der Waals surface area contributed by atoms with Crippen LogP contribution in [0, 0.1) is 0 Å². The molecule has 0 saturated carbocycles. The predicted molar refractivity (Wildman–Crippen MR) is 182 cm³/mol. The van der Waals surface area contributed by atoms with Crippen LogP contribution < -0.4 is 10.1 Å². The number of carbonyl (C=O) groups is 1. The van der Waals surface area contributed by atoms with Gasteiger partial charge >= 0.3 is 6.09 Å². The van der Waals surface area contributed by atoms with Crippen LogP contribution in [0.25, 0.3) is 22.0 Å². The third kappa shape index (κ3) is 7.49. The Hall–Kier alpha value is -3.52. The van der Waals surface area contributed by atoms with Crippen molar-refractivity contribution in [2.75, 3.05) is 26.7 Å². The molecule has 238 valence electrons. The first kappa shape index (κ1) is 31.5. The Balaban J connectivity index is 1.17. The molecule has 0 aliphatic carbocycles. The Morgan fingerprint density at radius 2 is 1.71 bits per heavy atom. The monoisotopic (exact) mass is 628 g/mol. The van der Waals surface area contributed by atoms with E-state index in [0.29, 0.717) is 18.6 Å². The normalized spacial score (nSPS) is 18.8. The van der Waals surface area contributed by atoms with E-state index in [0.717, 1.165) is 55.5 Å². The van der Waals surface area contributed by atoms with Crippen molar-refractivity contribution in [1.29, 1.82) is 0 Å². The first-order valence-corrected chi connectivity index (χ1v) is 16.5. The van der Waals surface area contributed by atoms with Gasteiger partial charge in [-0.05, 0) is 87.1 Å². The number of ether oxygens (including phenoxy) is 2. The number of aryl methyl sites for hydroxylation is 1. The molecule has 0 radical (unpaired) electrons. The lowest BCUT2D eigenvalue weighted by Gasteiger charge is -2.41. The summed E-state index contributed by atoms with van der Waals surface area (Å²) in [5.74, 6) is 0.847. The average Bonchev–Trinajstić information content (AvgIpc) is 3.47. The van der Waals surface area contributed by atoms with Gasteiger partial charge in [-0.2, -0.15) is 0 Å². The minimum absolute atomic E-state index is 0.374. The molecule has 2 unspecified atom stereocenters. The molecule has 0 spiro atoms. The fourth-order valence-corrected chi connectivity index (χ4v) is 7.12. The van der Waals surface area contributed by atoms with Crippen LogP contribution in [0.15, 0.2) is 72.9 Å². The molecular weight excluding hydrogens is 584 g/mol. The first-order valence-electron chi connectivity index (χ1n) is 16.1. The van der Waals surface area contributed by atoms with Gasteiger partial charge in [0.05, 0.1) is 7.11 Å². The Morgan fingerprint density at radius 3 is 2.40 bits per heavy atom. The van der Waals surface area contributed by atoms with E-state index in [-0.39, 0.29) is 6.09 Å². The average molecular weight is 629 g/mol. The molecule has 3 heterocycles. The Bertz CT molecular complexity index is 1610. The third-order valence-corrected chi connectivity index (χ3v) is 9.39. The minimum atomic E-state index is -0.505. The molecule has 7 nitrogen and oxygen atoms in total. The summed E-state index contributed by atoms with van der Waals surface area (Å²) in [4.78, 5) is 17.4. The highest BCUT2D eigenvalue weighted by atomic mass is 35.5. The number of likely N-dealkylation sites (tertiary alicyclic amines) is 1. The van der Waals surface area contributed by atoms with Gasteiger partial charge in [-0.3, -0.25) is 9.80 Å². The van der Waals surface area contributed by atoms with Crippen molar-refractivity contribution in [3.05, 3.63) is 89.1 Å². The van der Waals surface area contributed by atoms with E-state index in [9.17, 15) is 4.79 Å². The second-order valence-corrected chi connectivity index (χ2v) is 13.8. The number of hydrogen-bond acceptors (Lipinski definition) is 5. The fraction of sp³-hybridized carbons (Fsp3) is 0.432. The van der Waals surface area contributed by atoms with Crippen molar-refractivity contribution < 1.29 is 14.3 Å². The zero-order chi connectivity index (χ0) is 31.6. The van der Waals surface area contributed by atoms with Gasteiger partial charge in [0.2, 0.25) is 0 Å². The van der Waals surface area contributed by atoms with Gasteiger partial charge < -0.3 is 19.4 Å². The van der Waals surface area contributed by atoms with Crippen LogP contribution in [0.5, 0.6) is 5.75 Å². The number of carbonyl (C=O) groups excluding carboxylic acids is 1. The number of benzene rings is 3. The van der Waals surface area contributed by atoms with Crippen molar-refractivity contribution in [1.82, 2.24) is 19.7 Å². The maximum absolute atomic E-state index is 12.1. The predicted octanol–water partition coefficient (Wildman–Crippen LogP) is 7.73. The summed E-state index contributed by atoms with van der Waals surface area (Å²) in [6.07, 6.45) is 5.17. The Morgan fingerprint density at radius 1 is 0.978 bits per heavy atom. The van der Waals surface area contributed by atoms with Crippen LogP contribution in [0.1, 0.15) is 51.2 Å². The van der Waals surface area contributed by atoms with Crippen molar-refractivity contribution in [3.63, 3.8) is 0 Å². The molecule has 45 heavy (non-hydrogen) atoms. The molecule has 2 saturated heterocycles. The minimum Gasteiger partial charge on any atom is -0.497 e. The van der Waals surface area contributed by atoms with E-state index in [2.05, 4.69) is 68.3 Å². The first-order chi connectivity index (χ1) is 21.7. The summed E-state index contributed by atoms with van der Waals surface area (Å²) in [7, 11) is 1.70. The molecule has 6 rings (SSSR count). The van der Waals surface area contributed by atoms with Crippen molar-refractivity contribution in [2.45, 2.75) is 77.4 Å². The number of nitrogens with one attached hydrogen (secondary N) is 1. The Labute approximate surface area is 272 Å². The summed E-state index contributed by atoms with van der Waals surface area (Å²) in [5, 5.41) is 5.01. The summed E-state index contributed by atoms with van der Waals surface area (Å²) in [6, 6.07) is 24.6. The number of methoxy groups -OCH3 is 1. The van der Waals surface area contributed by atoms with Crippen LogP contribution >= 0.6 is 11.6 Å². The molecule has 2 bridgehead atoms. The van der Waals surface area contributed by atoms with E-state index in [1.807, 2.05) is 45.0 Å². The fourth-order valence-electron chi connectivity index (χ4n) is 6.93. The number of alkyl carbamates (subject to hydrolysis) is 1. The second kappa shape index (κ2) is 13.5. The number of hydrogen-bond donors (Lipinski definition) is 1. The van der Waals surface area contributed by atoms with Crippen molar-refractivity contribution in [3.8, 4) is 16.9 Å². The van der Waals surface area contributed by atoms with E-state index in [1.54, 1.807) is 7.11 Å². The number of piperazine rings is 1. The maximum atomic E-state index is 12.1. The van der Waals surface area contributed by atoms with Gasteiger partial charge in [-0.1, -0.05) is 48.0 Å². The molecular formula is C37H45ClN4O3. The van der Waals surface area contributed by atoms with Crippen LogP contribution in [-0.4, -0.2) is 64.9 Å². The highest BCUT2D eigenvalue weighted by molar-refractivity contribution is 6.31. The Kier molecular flexibility index (Phi) is 9.41. The van der Waals surface area contributed by atoms with E-state index < -0.39 is 5.60 Å². The van der Waals surface area contributed by atoms with Crippen LogP contribution in [0.3, 0.4) is 0 Å². The maximum Gasteiger partial charge on any atom is 0.407 e. The number of nitrogens with zero attached hydrogens (tertiary/aromatic N) is 3. The zero-order valence-corrected chi connectivity index (χ0v) is 27.6. The van der Waals surface area contributed by atoms with Gasteiger partial charge in [0.1, 0.15) is 11.4 Å². The van der Waals surface area contributed by atoms with E-state index >= 15 is 0 Å². The molecule has 2 aliphatic rings. The SMILES string of the molecule is COc1ccc(-c2cn(CCCNC(=O)OC(C)(C)C)c3ccc(CN4CC5CCC(C4)N5Cc4ccccc4Cl)cc23)cc1. The number of fused-ring (bicyclic) bond motifs is 3. The van der Waals surface area contributed by atoms with Crippen LogP contribution in [-0.2, 0) is 24.4 Å². The standard InChI is InChI=1S/C37H45ClN4O3/c1-37(2,3)45-36(43)39-18-7-19-41-25-33(27-11-15-31(44-4)16-12-27)32-20-26(10-17-35(32)41)21-40-23-29-13-14-30(24-40)42(29)22-28-8-5-6-9-34(28)38/h5-6,8-12,15-17,20,25,29-30H,7,13-14,18-19,21-24H2,1-4H3,(H,39,43). The molecule has 1 N–H and O–H groups in total. The van der Waals surface area contributed by atoms with Gasteiger partial charge in [0.25, 0.3) is 0 Å². The van der Waals surface area contributed by atoms with E-state index in [4.69, 9.17) is 21.1 Å². The largest absolute Gasteiger partial charge is 0.497 e. The van der Waals surface area contributed by atoms with E-state index in [1.165, 1.54) is 40.4 Å².